The summed E-state index contributed by atoms with van der Waals surface area (Å²) in [4.78, 5) is 6.37. The van der Waals surface area contributed by atoms with Crippen molar-refractivity contribution in [3.05, 3.63) is 11.9 Å². The van der Waals surface area contributed by atoms with E-state index in [0.717, 1.165) is 19.0 Å². The van der Waals surface area contributed by atoms with Gasteiger partial charge in [0.1, 0.15) is 0 Å². The molecule has 5 heteroatoms. The lowest BCUT2D eigenvalue weighted by atomic mass is 10.1. The van der Waals surface area contributed by atoms with Crippen molar-refractivity contribution in [1.82, 2.24) is 14.9 Å². The summed E-state index contributed by atoms with van der Waals surface area (Å²) in [5.41, 5.74) is 1.03. The molecule has 0 spiro atoms. The van der Waals surface area contributed by atoms with Gasteiger partial charge in [-0.3, -0.25) is 0 Å². The number of hydrogen-bond acceptors (Lipinski definition) is 4. The number of nitrogens with zero attached hydrogens (tertiary/aromatic N) is 3. The molecule has 0 amide bonds. The number of imidazole rings is 1. The van der Waals surface area contributed by atoms with E-state index in [2.05, 4.69) is 28.7 Å². The van der Waals surface area contributed by atoms with Gasteiger partial charge in [-0.15, -0.1) is 0 Å². The second-order valence-electron chi connectivity index (χ2n) is 5.07. The van der Waals surface area contributed by atoms with Crippen LogP contribution in [0.4, 0.5) is 5.95 Å². The average Bonchev–Trinajstić information content (AvgIpc) is 2.60. The molecule has 5 nitrogen and oxygen atoms in total. The first-order chi connectivity index (χ1) is 7.87. The molecule has 0 aliphatic rings. The molecule has 0 aromatic carbocycles. The number of ether oxygens (including phenoxy) is 1. The quantitative estimate of drug-likeness (QED) is 0.805. The number of nitrogens with one attached hydrogen (secondary N) is 1. The monoisotopic (exact) mass is 240 g/mol. The highest BCUT2D eigenvalue weighted by molar-refractivity contribution is 5.30. The molecule has 1 aromatic rings. The van der Waals surface area contributed by atoms with Crippen molar-refractivity contribution in [3.63, 3.8) is 0 Å². The number of methoxy groups -OCH3 is 1. The molecule has 1 aromatic heterocycles. The van der Waals surface area contributed by atoms with E-state index in [0.29, 0.717) is 0 Å². The third-order valence-electron chi connectivity index (χ3n) is 2.87. The minimum absolute atomic E-state index is 0.136. The molecular weight excluding hydrogens is 216 g/mol. The molecule has 1 rings (SSSR count). The Hall–Kier alpha value is -1.07. The molecule has 0 unspecified atom stereocenters. The number of anilines is 1. The highest BCUT2D eigenvalue weighted by Gasteiger charge is 2.16. The molecular formula is C12H24N4O. The lowest BCUT2D eigenvalue weighted by Crippen LogP contribution is -2.36. The normalized spacial score (nSPS) is 11.9. The van der Waals surface area contributed by atoms with E-state index in [9.17, 15) is 0 Å². The Morgan fingerprint density at radius 1 is 1.47 bits per heavy atom. The van der Waals surface area contributed by atoms with E-state index in [-0.39, 0.29) is 5.60 Å². The third-order valence-corrected chi connectivity index (χ3v) is 2.87. The molecule has 1 N–H and O–H groups in total. The van der Waals surface area contributed by atoms with E-state index in [1.165, 1.54) is 5.69 Å². The van der Waals surface area contributed by atoms with Gasteiger partial charge in [-0.05, 0) is 13.8 Å². The van der Waals surface area contributed by atoms with E-state index < -0.39 is 0 Å². The third kappa shape index (κ3) is 3.71. The van der Waals surface area contributed by atoms with E-state index >= 15 is 0 Å². The van der Waals surface area contributed by atoms with Gasteiger partial charge in [0.2, 0.25) is 5.95 Å². The zero-order chi connectivity index (χ0) is 13.1. The Balaban J connectivity index is 2.53. The van der Waals surface area contributed by atoms with Crippen molar-refractivity contribution in [2.75, 3.05) is 32.6 Å². The minimum Gasteiger partial charge on any atom is -0.377 e. The summed E-state index contributed by atoms with van der Waals surface area (Å²) >= 11 is 0. The van der Waals surface area contributed by atoms with Crippen LogP contribution in [0.15, 0.2) is 6.20 Å². The van der Waals surface area contributed by atoms with Gasteiger partial charge in [-0.2, -0.15) is 0 Å². The van der Waals surface area contributed by atoms with Crippen LogP contribution >= 0.6 is 0 Å². The van der Waals surface area contributed by atoms with Crippen LogP contribution in [0.1, 0.15) is 19.5 Å². The zero-order valence-corrected chi connectivity index (χ0v) is 11.7. The highest BCUT2D eigenvalue weighted by Crippen LogP contribution is 2.11. The second kappa shape index (κ2) is 5.51. The molecule has 0 aliphatic heterocycles. The number of aromatic nitrogens is 2. The first-order valence-electron chi connectivity index (χ1n) is 5.81. The summed E-state index contributed by atoms with van der Waals surface area (Å²) < 4.78 is 7.45. The van der Waals surface area contributed by atoms with Gasteiger partial charge in [0, 0.05) is 41.3 Å². The Kier molecular flexibility index (Phi) is 4.54. The maximum Gasteiger partial charge on any atom is 0.204 e. The van der Waals surface area contributed by atoms with Crippen molar-refractivity contribution in [2.45, 2.75) is 26.0 Å². The van der Waals surface area contributed by atoms with Crippen LogP contribution in [-0.2, 0) is 18.3 Å². The summed E-state index contributed by atoms with van der Waals surface area (Å²) in [6.45, 7) is 5.74. The van der Waals surface area contributed by atoms with Gasteiger partial charge < -0.3 is 19.5 Å². The van der Waals surface area contributed by atoms with Crippen molar-refractivity contribution in [2.24, 2.45) is 7.05 Å². The SMILES string of the molecule is COC(C)(C)CNCc1cnc(N(C)C)n1C. The van der Waals surface area contributed by atoms with Crippen LogP contribution < -0.4 is 10.2 Å². The molecule has 17 heavy (non-hydrogen) atoms. The summed E-state index contributed by atoms with van der Waals surface area (Å²) in [5, 5.41) is 3.38. The maximum absolute atomic E-state index is 5.36. The Morgan fingerprint density at radius 3 is 2.59 bits per heavy atom. The van der Waals surface area contributed by atoms with Crippen LogP contribution in [-0.4, -0.2) is 42.9 Å². The fourth-order valence-corrected chi connectivity index (χ4v) is 1.58. The predicted molar refractivity (Wildman–Crippen MR) is 70.3 cm³/mol. The lowest BCUT2D eigenvalue weighted by molar-refractivity contribution is 0.0230. The van der Waals surface area contributed by atoms with Gasteiger partial charge in [-0.1, -0.05) is 0 Å². The standard InChI is InChI=1S/C12H24N4O/c1-12(2,17-6)9-13-7-10-8-14-11(15(3)4)16(10)5/h8,13H,7,9H2,1-6H3. The van der Waals surface area contributed by atoms with E-state index in [1.807, 2.05) is 32.2 Å². The molecule has 0 atom stereocenters. The summed E-state index contributed by atoms with van der Waals surface area (Å²) in [6, 6.07) is 0. The fraction of sp³-hybridized carbons (Fsp3) is 0.750. The van der Waals surface area contributed by atoms with Gasteiger partial charge >= 0.3 is 0 Å². The van der Waals surface area contributed by atoms with Crippen LogP contribution in [0.5, 0.6) is 0 Å². The second-order valence-corrected chi connectivity index (χ2v) is 5.07. The smallest absolute Gasteiger partial charge is 0.204 e. The molecule has 0 bridgehead atoms. The van der Waals surface area contributed by atoms with Gasteiger partial charge in [0.25, 0.3) is 0 Å². The molecule has 0 saturated carbocycles. The minimum atomic E-state index is -0.136. The Labute approximate surface area is 104 Å². The van der Waals surface area contributed by atoms with E-state index in [1.54, 1.807) is 7.11 Å². The van der Waals surface area contributed by atoms with Crippen LogP contribution in [0, 0.1) is 0 Å². The first kappa shape index (κ1) is 14.0. The fourth-order valence-electron chi connectivity index (χ4n) is 1.58. The highest BCUT2D eigenvalue weighted by atomic mass is 16.5. The summed E-state index contributed by atoms with van der Waals surface area (Å²) in [7, 11) is 7.75. The average molecular weight is 240 g/mol. The lowest BCUT2D eigenvalue weighted by Gasteiger charge is -2.23. The van der Waals surface area contributed by atoms with Crippen molar-refractivity contribution >= 4 is 5.95 Å². The molecule has 1 heterocycles. The van der Waals surface area contributed by atoms with Gasteiger partial charge in [0.05, 0.1) is 17.5 Å². The molecule has 0 fully saturated rings. The molecule has 0 saturated heterocycles. The van der Waals surface area contributed by atoms with Crippen LogP contribution in [0.25, 0.3) is 0 Å². The molecule has 0 aliphatic carbocycles. The van der Waals surface area contributed by atoms with Gasteiger partial charge in [0.15, 0.2) is 0 Å². The van der Waals surface area contributed by atoms with Gasteiger partial charge in [-0.25, -0.2) is 4.98 Å². The van der Waals surface area contributed by atoms with Crippen molar-refractivity contribution < 1.29 is 4.74 Å². The Bertz CT molecular complexity index is 357. The predicted octanol–water partition coefficient (Wildman–Crippen LogP) is 1.00. The summed E-state index contributed by atoms with van der Waals surface area (Å²) in [6.07, 6.45) is 1.90. The molecule has 0 radical (unpaired) electrons. The number of hydrogen-bond donors (Lipinski definition) is 1. The van der Waals surface area contributed by atoms with Crippen LogP contribution in [0.3, 0.4) is 0 Å². The first-order valence-corrected chi connectivity index (χ1v) is 5.81. The van der Waals surface area contributed by atoms with E-state index in [4.69, 9.17) is 4.74 Å². The largest absolute Gasteiger partial charge is 0.377 e. The topological polar surface area (TPSA) is 42.3 Å². The molecule has 98 valence electrons. The van der Waals surface area contributed by atoms with Crippen LogP contribution in [0.2, 0.25) is 0 Å². The van der Waals surface area contributed by atoms with Crippen molar-refractivity contribution in [1.29, 1.82) is 0 Å². The Morgan fingerprint density at radius 2 is 2.12 bits per heavy atom. The van der Waals surface area contributed by atoms with Crippen molar-refractivity contribution in [3.8, 4) is 0 Å². The summed E-state index contributed by atoms with van der Waals surface area (Å²) in [5.74, 6) is 0.966. The maximum atomic E-state index is 5.36. The zero-order valence-electron chi connectivity index (χ0n) is 11.7. The number of rotatable bonds is 6.